The summed E-state index contributed by atoms with van der Waals surface area (Å²) in [4.78, 5) is 2.26. The lowest BCUT2D eigenvalue weighted by atomic mass is 10.1. The Morgan fingerprint density at radius 3 is 0.448 bits per heavy atom. The molecule has 0 aliphatic rings. The predicted molar refractivity (Wildman–Crippen MR) is 596 cm³/mol. The monoisotopic (exact) mass is 1940 g/mol. The van der Waals surface area contributed by atoms with E-state index in [9.17, 15) is 0 Å². The second-order valence-electron chi connectivity index (χ2n) is 33.0. The third-order valence-electron chi connectivity index (χ3n) is 19.3. The molecule has 57 N–H and O–H groups in total. The fourth-order valence-corrected chi connectivity index (χ4v) is 11.0. The lowest BCUT2D eigenvalue weighted by molar-refractivity contribution is 0.0820. The Labute approximate surface area is 831 Å². The standard InChI is InChI=1S/C12H30N4.C11H27N3.C10H25N3.C10H24N2O2.C10H24N2.C9H22N2O2.C8H20N2.2C7H19N3.C5H14N2.C4H12N2.C3H10N2.C2H8N2/c13-7-3-1-4-9-15-10-5-2-6-11-16-12-8-14;12-8-5-3-1-2-4-6-10-14-11-7-9-13;11-7-3-1-5-9-13-10-6-2-4-8-12;11-5-3-9-13-7-1-2-8-14-10-4-6-12;11-9-7-5-3-1-2-4-6-8-10-12;10-4-1-6-12-8-3-9-13-7-2-5-11;9-7-5-3-1-2-4-6-8-10;1-10(6-2-4-8)7-3-5-9;8-4-2-1-3-6-10-7-5-9;6-4-2-1-3-5-7;5-3-1-2-4-6;4-2-1-3-5;3-1-2-4/h15-16H,1-14H2;14H,1-13H2;13H,1-12H2;1-12H2;1-12H2;1-11H2;1-10H2;2-9H2,1H3;10H,1-9H2;1-7H2;1-6H2;1-5H2;1-4H2. The van der Waals surface area contributed by atoms with Crippen molar-refractivity contribution < 1.29 is 18.9 Å². The highest BCUT2D eigenvalue weighted by Gasteiger charge is 2.00. The second kappa shape index (κ2) is 194. The lowest BCUT2D eigenvalue weighted by Crippen LogP contribution is -2.24. The van der Waals surface area contributed by atoms with Gasteiger partial charge in [0.15, 0.2) is 0 Å². The zero-order valence-electron chi connectivity index (χ0n) is 89.2. The molecule has 0 fully saturated rings. The molecule has 0 saturated carbocycles. The quantitative estimate of drug-likeness (QED) is 0.0387. The molecule has 134 heavy (non-hydrogen) atoms. The largest absolute Gasteiger partial charge is 0.381 e. The summed E-state index contributed by atoms with van der Waals surface area (Å²) >= 11 is 0. The van der Waals surface area contributed by atoms with Crippen LogP contribution in [-0.2, 0) is 18.9 Å². The summed E-state index contributed by atoms with van der Waals surface area (Å²) in [6.45, 7) is 39.3. The van der Waals surface area contributed by atoms with E-state index in [-0.39, 0.29) is 0 Å². The van der Waals surface area contributed by atoms with E-state index < -0.39 is 0 Å². The predicted octanol–water partition coefficient (Wildman–Crippen LogP) is 3.59. The molecule has 0 amide bonds. The molecule has 0 aromatic rings. The SMILES string of the molecule is CN(CCCN)CCCN.NCCCCCCCCCCN.NCCCCCCCCN.NCCCCCCCCNCCCN.NCCCCCN.NCCCCCNCCCCCN.NCCCCCNCCCCCNCCN.NCCCCCNCCN.NCCCCN.NCCCN.NCCCOCCCCOCCCN.NCCCOCCCOCCCN.NCCN. The summed E-state index contributed by atoms with van der Waals surface area (Å²) < 4.78 is 21.3. The molecule has 0 saturated heterocycles. The van der Waals surface area contributed by atoms with Gasteiger partial charge >= 0.3 is 0 Å². The highest BCUT2D eigenvalue weighted by atomic mass is 16.5. The van der Waals surface area contributed by atoms with E-state index in [1.165, 1.54) is 205 Å². The van der Waals surface area contributed by atoms with Crippen molar-refractivity contribution in [2.45, 2.75) is 327 Å². The number of rotatable bonds is 94. The van der Waals surface area contributed by atoms with Crippen molar-refractivity contribution in [3.05, 3.63) is 0 Å². The minimum Gasteiger partial charge on any atom is -0.381 e. The van der Waals surface area contributed by atoms with Gasteiger partial charge in [-0.3, -0.25) is 0 Å². The molecule has 0 atom stereocenters. The van der Waals surface area contributed by atoms with Crippen LogP contribution in [0, 0.1) is 0 Å². The summed E-state index contributed by atoms with van der Waals surface area (Å²) in [5.74, 6) is 0. The summed E-state index contributed by atoms with van der Waals surface area (Å²) in [5.41, 5.74) is 137. The zero-order chi connectivity index (χ0) is 103. The number of nitrogens with two attached hydrogens (primary N) is 26. The molecule has 0 aromatic carbocycles. The third-order valence-corrected chi connectivity index (χ3v) is 19.3. The van der Waals surface area contributed by atoms with Crippen LogP contribution in [-0.4, -0.2) is 314 Å². The lowest BCUT2D eigenvalue weighted by Gasteiger charge is -2.14. The molecule has 36 nitrogen and oxygen atoms in total. The second-order valence-corrected chi connectivity index (χ2v) is 33.0. The van der Waals surface area contributed by atoms with Gasteiger partial charge in [-0.15, -0.1) is 0 Å². The first-order valence-electron chi connectivity index (χ1n) is 54.5. The average Bonchev–Trinajstić information content (AvgIpc) is 1.07. The van der Waals surface area contributed by atoms with E-state index in [0.29, 0.717) is 39.3 Å². The minimum absolute atomic E-state index is 0.597. The van der Waals surface area contributed by atoms with Crippen molar-refractivity contribution >= 4 is 0 Å². The molecule has 830 valence electrons. The number of nitrogens with one attached hydrogen (secondary N) is 5. The van der Waals surface area contributed by atoms with Crippen LogP contribution < -0.4 is 176 Å². The van der Waals surface area contributed by atoms with Gasteiger partial charge in [0.05, 0.1) is 0 Å². The van der Waals surface area contributed by atoms with Crippen LogP contribution in [0.5, 0.6) is 0 Å². The molecule has 0 radical (unpaired) electrons. The van der Waals surface area contributed by atoms with Crippen molar-refractivity contribution in [1.82, 2.24) is 31.5 Å². The highest BCUT2D eigenvalue weighted by Crippen LogP contribution is 2.09. The van der Waals surface area contributed by atoms with Gasteiger partial charge in [0.2, 0.25) is 0 Å². The van der Waals surface area contributed by atoms with Gasteiger partial charge in [0.25, 0.3) is 0 Å². The van der Waals surface area contributed by atoms with Crippen LogP contribution in [0.4, 0.5) is 0 Å². The van der Waals surface area contributed by atoms with Gasteiger partial charge in [0.1, 0.15) is 0 Å². The molecule has 0 unspecified atom stereocenters. The minimum atomic E-state index is 0.597. The third kappa shape index (κ3) is 245. The maximum atomic E-state index is 5.42. The van der Waals surface area contributed by atoms with Gasteiger partial charge in [-0.1, -0.05) is 128 Å². The summed E-state index contributed by atoms with van der Waals surface area (Å²) in [5, 5.41) is 16.8. The molecular weight excluding hydrogens is 1690 g/mol. The van der Waals surface area contributed by atoms with E-state index >= 15 is 0 Å². The first kappa shape index (κ1) is 161. The number of hydrogen-bond acceptors (Lipinski definition) is 36. The van der Waals surface area contributed by atoms with Gasteiger partial charge in [0, 0.05) is 92.1 Å². The van der Waals surface area contributed by atoms with E-state index in [1.807, 2.05) is 0 Å². The van der Waals surface area contributed by atoms with E-state index in [4.69, 9.17) is 168 Å². The topological polar surface area (TPSA) is 777 Å². The molecule has 0 bridgehead atoms. The van der Waals surface area contributed by atoms with Gasteiger partial charge < -0.3 is 200 Å². The first-order valence-corrected chi connectivity index (χ1v) is 54.5. The highest BCUT2D eigenvalue weighted by molar-refractivity contribution is 4.59. The molecule has 0 heterocycles. The number of hydrogen-bond donors (Lipinski definition) is 31. The van der Waals surface area contributed by atoms with E-state index in [1.54, 1.807) is 0 Å². The summed E-state index contributed by atoms with van der Waals surface area (Å²) in [7, 11) is 2.10. The van der Waals surface area contributed by atoms with Crippen molar-refractivity contribution in [3.8, 4) is 0 Å². The van der Waals surface area contributed by atoms with Crippen LogP contribution in [0.3, 0.4) is 0 Å². The van der Waals surface area contributed by atoms with Crippen LogP contribution in [0.2, 0.25) is 0 Å². The van der Waals surface area contributed by atoms with Crippen LogP contribution in [0.1, 0.15) is 327 Å². The summed E-state index contributed by atoms with van der Waals surface area (Å²) in [6, 6.07) is 0. The Morgan fingerprint density at radius 2 is 0.261 bits per heavy atom. The van der Waals surface area contributed by atoms with Crippen molar-refractivity contribution in [2.75, 3.05) is 309 Å². The van der Waals surface area contributed by atoms with Gasteiger partial charge in [-0.2, -0.15) is 0 Å². The molecule has 0 aromatic heterocycles. The Kier molecular flexibility index (Phi) is 232. The Balaban J connectivity index is -0.000000109. The maximum Gasteiger partial charge on any atom is 0.0487 e. The van der Waals surface area contributed by atoms with E-state index in [0.717, 1.165) is 384 Å². The van der Waals surface area contributed by atoms with Crippen molar-refractivity contribution in [2.24, 2.45) is 149 Å². The van der Waals surface area contributed by atoms with Crippen molar-refractivity contribution in [1.29, 1.82) is 0 Å². The Morgan fingerprint density at radius 1 is 0.119 bits per heavy atom. The van der Waals surface area contributed by atoms with Gasteiger partial charge in [-0.25, -0.2) is 0 Å². The average molecular weight is 1950 g/mol. The first-order chi connectivity index (χ1) is 65.8. The Hall–Kier alpha value is -1.44. The van der Waals surface area contributed by atoms with Crippen molar-refractivity contribution in [3.63, 3.8) is 0 Å². The Bertz CT molecular complexity index is 1440. The fourth-order valence-electron chi connectivity index (χ4n) is 11.0. The normalized spacial score (nSPS) is 10.3. The van der Waals surface area contributed by atoms with Crippen LogP contribution in [0.25, 0.3) is 0 Å². The van der Waals surface area contributed by atoms with Crippen LogP contribution >= 0.6 is 0 Å². The molecule has 36 heteroatoms. The van der Waals surface area contributed by atoms with E-state index in [2.05, 4.69) is 38.5 Å². The summed E-state index contributed by atoms with van der Waals surface area (Å²) in [6.07, 6.45) is 61.0. The molecule has 0 spiro atoms. The number of ether oxygens (including phenoxy) is 4. The molecule has 0 rings (SSSR count). The van der Waals surface area contributed by atoms with Crippen LogP contribution in [0.15, 0.2) is 0 Å². The smallest absolute Gasteiger partial charge is 0.0487 e. The molecular formula is C98H254N32O4. The number of nitrogens with zero attached hydrogens (tertiary/aromatic N) is 1. The van der Waals surface area contributed by atoms with Gasteiger partial charge in [-0.05, 0) is 416 Å². The zero-order valence-corrected chi connectivity index (χ0v) is 89.2. The molecule has 0 aliphatic carbocycles. The number of unbranched alkanes of at least 4 members (excludes halogenated alkanes) is 31. The molecule has 0 aliphatic heterocycles. The maximum absolute atomic E-state index is 5.42. The fraction of sp³-hybridized carbons (Fsp3) is 1.00.